The molecule has 0 bridgehead atoms. The average Bonchev–Trinajstić information content (AvgIpc) is 2.83. The van der Waals surface area contributed by atoms with Crippen molar-refractivity contribution in [2.75, 3.05) is 0 Å². The Labute approximate surface area is 192 Å². The SMILES string of the molecule is CCC1(CC)C(=O)N(C(=O)NCc2ccc3ccccc3c2)[C@@H]1Oc1ccc(C(=O)O)cc1. The van der Waals surface area contributed by atoms with Crippen molar-refractivity contribution in [2.24, 2.45) is 5.41 Å². The highest BCUT2D eigenvalue weighted by molar-refractivity contribution is 6.03. The molecule has 7 nitrogen and oxygen atoms in total. The van der Waals surface area contributed by atoms with Gasteiger partial charge in [-0.1, -0.05) is 50.2 Å². The standard InChI is InChI=1S/C26H26N2O5/c1-3-26(4-2)23(31)28(24(26)33-21-13-11-19(12-14-21)22(29)30)25(32)27-16-17-9-10-18-7-5-6-8-20(18)15-17/h5-15,24H,3-4,16H2,1-2H3,(H,27,32)(H,29,30)/t24-/m1/s1. The van der Waals surface area contributed by atoms with Crippen LogP contribution in [0.3, 0.4) is 0 Å². The lowest BCUT2D eigenvalue weighted by atomic mass is 9.72. The van der Waals surface area contributed by atoms with Crippen LogP contribution < -0.4 is 10.1 Å². The molecule has 4 rings (SSSR count). The van der Waals surface area contributed by atoms with Gasteiger partial charge >= 0.3 is 12.0 Å². The summed E-state index contributed by atoms with van der Waals surface area (Å²) in [6.45, 7) is 4.07. The van der Waals surface area contributed by atoms with E-state index in [1.807, 2.05) is 56.3 Å². The van der Waals surface area contributed by atoms with Gasteiger partial charge in [0, 0.05) is 6.54 Å². The molecule has 0 aromatic heterocycles. The largest absolute Gasteiger partial charge is 0.478 e. The zero-order valence-corrected chi connectivity index (χ0v) is 18.6. The van der Waals surface area contributed by atoms with Crippen LogP contribution in [0.25, 0.3) is 10.8 Å². The number of ether oxygens (including phenoxy) is 1. The summed E-state index contributed by atoms with van der Waals surface area (Å²) in [5, 5.41) is 14.1. The third kappa shape index (κ3) is 4.02. The summed E-state index contributed by atoms with van der Waals surface area (Å²) in [5.41, 5.74) is 0.259. The van der Waals surface area contributed by atoms with Gasteiger partial charge in [0.1, 0.15) is 11.2 Å². The molecule has 0 unspecified atom stereocenters. The maximum absolute atomic E-state index is 13.0. The number of benzene rings is 3. The van der Waals surface area contributed by atoms with E-state index in [-0.39, 0.29) is 18.0 Å². The van der Waals surface area contributed by atoms with Crippen LogP contribution >= 0.6 is 0 Å². The number of carboxylic acid groups (broad SMARTS) is 1. The van der Waals surface area contributed by atoms with Gasteiger partial charge in [0.25, 0.3) is 0 Å². The van der Waals surface area contributed by atoms with Crippen molar-refractivity contribution < 1.29 is 24.2 Å². The Morgan fingerprint density at radius 2 is 1.67 bits per heavy atom. The highest BCUT2D eigenvalue weighted by atomic mass is 16.5. The molecule has 7 heteroatoms. The minimum absolute atomic E-state index is 0.134. The average molecular weight is 447 g/mol. The Bertz CT molecular complexity index is 1200. The van der Waals surface area contributed by atoms with Gasteiger partial charge < -0.3 is 15.2 Å². The number of nitrogens with zero attached hydrogens (tertiary/aromatic N) is 1. The number of hydrogen-bond donors (Lipinski definition) is 2. The van der Waals surface area contributed by atoms with Crippen LogP contribution in [0.15, 0.2) is 66.7 Å². The predicted octanol–water partition coefficient (Wildman–Crippen LogP) is 4.80. The van der Waals surface area contributed by atoms with Crippen LogP contribution in [0.1, 0.15) is 42.6 Å². The van der Waals surface area contributed by atoms with E-state index in [1.54, 1.807) is 0 Å². The molecule has 170 valence electrons. The first-order valence-electron chi connectivity index (χ1n) is 11.0. The molecule has 0 saturated carbocycles. The summed E-state index contributed by atoms with van der Waals surface area (Å²) in [5.74, 6) is -0.904. The number of urea groups is 1. The van der Waals surface area contributed by atoms with Gasteiger partial charge in [0.2, 0.25) is 5.91 Å². The number of imide groups is 1. The van der Waals surface area contributed by atoms with E-state index < -0.39 is 23.6 Å². The summed E-state index contributed by atoms with van der Waals surface area (Å²) < 4.78 is 6.05. The monoisotopic (exact) mass is 446 g/mol. The van der Waals surface area contributed by atoms with E-state index in [4.69, 9.17) is 9.84 Å². The van der Waals surface area contributed by atoms with Gasteiger partial charge in [-0.2, -0.15) is 0 Å². The van der Waals surface area contributed by atoms with Gasteiger partial charge in [0.05, 0.1) is 5.56 Å². The zero-order valence-electron chi connectivity index (χ0n) is 18.6. The minimum Gasteiger partial charge on any atom is -0.478 e. The fourth-order valence-electron chi connectivity index (χ4n) is 4.32. The number of carbonyl (C=O) groups excluding carboxylic acids is 2. The summed E-state index contributed by atoms with van der Waals surface area (Å²) in [4.78, 5) is 38.2. The van der Waals surface area contributed by atoms with Crippen LogP contribution in [0, 0.1) is 5.41 Å². The van der Waals surface area contributed by atoms with Gasteiger partial charge in [-0.15, -0.1) is 0 Å². The Balaban J connectivity index is 1.50. The van der Waals surface area contributed by atoms with Gasteiger partial charge in [-0.3, -0.25) is 4.79 Å². The number of β-lactam (4-membered cyclic amide) rings is 1. The molecule has 1 atom stereocenters. The number of carboxylic acids is 1. The Morgan fingerprint density at radius 1 is 1.00 bits per heavy atom. The minimum atomic E-state index is -1.04. The molecule has 3 aromatic carbocycles. The van der Waals surface area contributed by atoms with Crippen molar-refractivity contribution in [1.29, 1.82) is 0 Å². The lowest BCUT2D eigenvalue weighted by molar-refractivity contribution is -0.190. The van der Waals surface area contributed by atoms with Crippen molar-refractivity contribution in [1.82, 2.24) is 10.2 Å². The zero-order chi connectivity index (χ0) is 23.6. The molecule has 1 fully saturated rings. The van der Waals surface area contributed by atoms with Gasteiger partial charge in [-0.05, 0) is 59.5 Å². The Kier molecular flexibility index (Phi) is 6.05. The molecule has 1 saturated heterocycles. The van der Waals surface area contributed by atoms with Gasteiger partial charge in [-0.25, -0.2) is 14.5 Å². The lowest BCUT2D eigenvalue weighted by Gasteiger charge is -2.53. The molecule has 0 aliphatic carbocycles. The van der Waals surface area contributed by atoms with E-state index in [0.29, 0.717) is 18.6 Å². The molecule has 3 amide bonds. The van der Waals surface area contributed by atoms with Crippen molar-refractivity contribution in [2.45, 2.75) is 39.5 Å². The second-order valence-electron chi connectivity index (χ2n) is 8.18. The van der Waals surface area contributed by atoms with Crippen LogP contribution in [0.4, 0.5) is 4.79 Å². The summed E-state index contributed by atoms with van der Waals surface area (Å²) in [6.07, 6.45) is 0.274. The first kappa shape index (κ1) is 22.3. The maximum Gasteiger partial charge on any atom is 0.335 e. The van der Waals surface area contributed by atoms with E-state index in [1.165, 1.54) is 24.3 Å². The van der Waals surface area contributed by atoms with Crippen molar-refractivity contribution >= 4 is 28.7 Å². The number of nitrogens with one attached hydrogen (secondary N) is 1. The van der Waals surface area contributed by atoms with Crippen LogP contribution in [-0.2, 0) is 11.3 Å². The van der Waals surface area contributed by atoms with Crippen molar-refractivity contribution in [3.8, 4) is 5.75 Å². The molecule has 0 spiro atoms. The smallest absolute Gasteiger partial charge is 0.335 e. The number of carbonyl (C=O) groups is 3. The highest BCUT2D eigenvalue weighted by Crippen LogP contribution is 2.46. The fraction of sp³-hybridized carbons (Fsp3) is 0.269. The maximum atomic E-state index is 13.0. The topological polar surface area (TPSA) is 95.9 Å². The lowest BCUT2D eigenvalue weighted by Crippen LogP contribution is -2.73. The normalized spacial score (nSPS) is 16.8. The van der Waals surface area contributed by atoms with Gasteiger partial charge in [0.15, 0.2) is 6.23 Å². The number of amides is 3. The molecule has 1 aliphatic heterocycles. The molecular formula is C26H26N2O5. The van der Waals surface area contributed by atoms with E-state index in [0.717, 1.165) is 21.2 Å². The third-order valence-corrected chi connectivity index (χ3v) is 6.44. The van der Waals surface area contributed by atoms with Crippen LogP contribution in [-0.4, -0.2) is 34.1 Å². The predicted molar refractivity (Wildman–Crippen MR) is 124 cm³/mol. The van der Waals surface area contributed by atoms with Crippen LogP contribution in [0.2, 0.25) is 0 Å². The molecule has 3 aromatic rings. The van der Waals surface area contributed by atoms with E-state index >= 15 is 0 Å². The number of likely N-dealkylation sites (tertiary alicyclic amines) is 1. The first-order valence-corrected chi connectivity index (χ1v) is 11.0. The quantitative estimate of drug-likeness (QED) is 0.508. The number of fused-ring (bicyclic) bond motifs is 1. The fourth-order valence-corrected chi connectivity index (χ4v) is 4.32. The molecule has 1 heterocycles. The highest BCUT2D eigenvalue weighted by Gasteiger charge is 2.62. The molecule has 1 aliphatic rings. The van der Waals surface area contributed by atoms with Crippen molar-refractivity contribution in [3.05, 3.63) is 77.9 Å². The number of hydrogen-bond acceptors (Lipinski definition) is 4. The third-order valence-electron chi connectivity index (χ3n) is 6.44. The van der Waals surface area contributed by atoms with Crippen LogP contribution in [0.5, 0.6) is 5.75 Å². The molecule has 2 N–H and O–H groups in total. The molecule has 33 heavy (non-hydrogen) atoms. The summed E-state index contributed by atoms with van der Waals surface area (Å²) >= 11 is 0. The second-order valence-corrected chi connectivity index (χ2v) is 8.18. The second kappa shape index (κ2) is 8.94. The number of rotatable bonds is 7. The molecular weight excluding hydrogens is 420 g/mol. The van der Waals surface area contributed by atoms with E-state index in [9.17, 15) is 14.4 Å². The summed E-state index contributed by atoms with van der Waals surface area (Å²) in [6, 6.07) is 19.3. The van der Waals surface area contributed by atoms with E-state index in [2.05, 4.69) is 5.32 Å². The number of aromatic carboxylic acids is 1. The summed E-state index contributed by atoms with van der Waals surface area (Å²) in [7, 11) is 0. The van der Waals surface area contributed by atoms with Crippen molar-refractivity contribution in [3.63, 3.8) is 0 Å². The Morgan fingerprint density at radius 3 is 2.30 bits per heavy atom. The molecule has 0 radical (unpaired) electrons. The Hall–Kier alpha value is -3.87. The first-order chi connectivity index (χ1) is 15.9.